The van der Waals surface area contributed by atoms with E-state index in [1.54, 1.807) is 18.2 Å². The molecule has 1 N–H and O–H groups in total. The van der Waals surface area contributed by atoms with E-state index in [0.717, 1.165) is 5.56 Å². The van der Waals surface area contributed by atoms with Gasteiger partial charge in [0.25, 0.3) is 0 Å². The molecule has 0 aliphatic carbocycles. The lowest BCUT2D eigenvalue weighted by atomic mass is 9.98. The van der Waals surface area contributed by atoms with E-state index < -0.39 is 6.04 Å². The minimum Gasteiger partial charge on any atom is -0.345 e. The summed E-state index contributed by atoms with van der Waals surface area (Å²) in [5, 5.41) is 2.78. The molecule has 0 heterocycles. The highest BCUT2D eigenvalue weighted by molar-refractivity contribution is 5.87. The third kappa shape index (κ3) is 3.54. The second-order valence-corrected chi connectivity index (χ2v) is 4.48. The van der Waals surface area contributed by atoms with Crippen LogP contribution in [0.3, 0.4) is 0 Å². The van der Waals surface area contributed by atoms with Gasteiger partial charge in [-0.1, -0.05) is 55.1 Å². The average molecular weight is 269 g/mol. The number of amides is 1. The van der Waals surface area contributed by atoms with E-state index in [1.807, 2.05) is 30.3 Å². The first-order valence-corrected chi connectivity index (χ1v) is 6.42. The van der Waals surface area contributed by atoms with E-state index in [0.29, 0.717) is 12.0 Å². The largest absolute Gasteiger partial charge is 0.345 e. The number of hydrogen-bond acceptors (Lipinski definition) is 1. The number of benzene rings is 2. The van der Waals surface area contributed by atoms with E-state index in [-0.39, 0.29) is 11.7 Å². The Labute approximate surface area is 118 Å². The lowest BCUT2D eigenvalue weighted by Crippen LogP contribution is -2.29. The summed E-state index contributed by atoms with van der Waals surface area (Å²) in [7, 11) is 0. The standard InChI is InChI=1S/C17H16FNO/c1-2-17(20)19-16(12-13-8-4-3-5-9-13)14-10-6-7-11-15(14)18/h2-11,16H,1,12H2,(H,19,20). The van der Waals surface area contributed by atoms with Crippen LogP contribution in [0, 0.1) is 5.82 Å². The molecular formula is C17H16FNO. The zero-order chi connectivity index (χ0) is 14.4. The summed E-state index contributed by atoms with van der Waals surface area (Å²) in [6.07, 6.45) is 1.72. The Morgan fingerprint density at radius 1 is 1.15 bits per heavy atom. The van der Waals surface area contributed by atoms with Crippen molar-refractivity contribution in [3.8, 4) is 0 Å². The first-order valence-electron chi connectivity index (χ1n) is 6.42. The monoisotopic (exact) mass is 269 g/mol. The number of halogens is 1. The molecule has 0 radical (unpaired) electrons. The van der Waals surface area contributed by atoms with Gasteiger partial charge in [-0.05, 0) is 24.1 Å². The van der Waals surface area contributed by atoms with E-state index in [9.17, 15) is 9.18 Å². The Kier molecular flexibility index (Phi) is 4.66. The zero-order valence-electron chi connectivity index (χ0n) is 11.1. The number of carbonyl (C=O) groups is 1. The molecule has 1 atom stereocenters. The molecule has 0 aliphatic heterocycles. The van der Waals surface area contributed by atoms with Gasteiger partial charge in [0, 0.05) is 5.56 Å². The second kappa shape index (κ2) is 6.66. The predicted molar refractivity (Wildman–Crippen MR) is 77.6 cm³/mol. The van der Waals surface area contributed by atoms with Crippen LogP contribution in [0.25, 0.3) is 0 Å². The molecule has 0 fully saturated rings. The minimum absolute atomic E-state index is 0.311. The molecule has 0 saturated heterocycles. The highest BCUT2D eigenvalue weighted by Crippen LogP contribution is 2.21. The summed E-state index contributed by atoms with van der Waals surface area (Å²) in [6.45, 7) is 3.43. The molecule has 2 nitrogen and oxygen atoms in total. The van der Waals surface area contributed by atoms with Crippen LogP contribution in [0.5, 0.6) is 0 Å². The molecule has 3 heteroatoms. The van der Waals surface area contributed by atoms with Crippen molar-refractivity contribution in [1.29, 1.82) is 0 Å². The fourth-order valence-electron chi connectivity index (χ4n) is 2.08. The number of nitrogens with one attached hydrogen (secondary N) is 1. The fraction of sp³-hybridized carbons (Fsp3) is 0.118. The Balaban J connectivity index is 2.27. The van der Waals surface area contributed by atoms with Crippen LogP contribution in [-0.2, 0) is 11.2 Å². The van der Waals surface area contributed by atoms with Crippen LogP contribution < -0.4 is 5.32 Å². The molecule has 1 amide bonds. The predicted octanol–water partition coefficient (Wildman–Crippen LogP) is 3.41. The van der Waals surface area contributed by atoms with Crippen LogP contribution in [0.1, 0.15) is 17.2 Å². The molecule has 0 bridgehead atoms. The Morgan fingerprint density at radius 3 is 2.45 bits per heavy atom. The first kappa shape index (κ1) is 14.0. The molecule has 0 aliphatic rings. The van der Waals surface area contributed by atoms with Crippen molar-refractivity contribution in [1.82, 2.24) is 5.32 Å². The van der Waals surface area contributed by atoms with Gasteiger partial charge in [0.1, 0.15) is 5.82 Å². The van der Waals surface area contributed by atoms with Gasteiger partial charge in [0.2, 0.25) is 5.91 Å². The third-order valence-electron chi connectivity index (χ3n) is 3.07. The molecule has 102 valence electrons. The van der Waals surface area contributed by atoms with Crippen LogP contribution in [0.2, 0.25) is 0 Å². The van der Waals surface area contributed by atoms with Gasteiger partial charge in [-0.15, -0.1) is 0 Å². The SMILES string of the molecule is C=CC(=O)NC(Cc1ccccc1)c1ccccc1F. The van der Waals surface area contributed by atoms with Crippen molar-refractivity contribution in [3.05, 3.63) is 84.2 Å². The highest BCUT2D eigenvalue weighted by Gasteiger charge is 2.17. The van der Waals surface area contributed by atoms with Gasteiger partial charge in [-0.2, -0.15) is 0 Å². The van der Waals surface area contributed by atoms with Gasteiger partial charge < -0.3 is 5.32 Å². The smallest absolute Gasteiger partial charge is 0.243 e. The van der Waals surface area contributed by atoms with Gasteiger partial charge in [-0.25, -0.2) is 4.39 Å². The lowest BCUT2D eigenvalue weighted by molar-refractivity contribution is -0.117. The highest BCUT2D eigenvalue weighted by atomic mass is 19.1. The molecule has 2 aromatic rings. The number of rotatable bonds is 5. The Morgan fingerprint density at radius 2 is 1.80 bits per heavy atom. The molecule has 0 aromatic heterocycles. The molecule has 2 rings (SSSR count). The van der Waals surface area contributed by atoms with Crippen molar-refractivity contribution in [3.63, 3.8) is 0 Å². The van der Waals surface area contributed by atoms with Crippen molar-refractivity contribution >= 4 is 5.91 Å². The third-order valence-corrected chi connectivity index (χ3v) is 3.07. The van der Waals surface area contributed by atoms with Crippen LogP contribution in [0.4, 0.5) is 4.39 Å². The summed E-state index contributed by atoms with van der Waals surface area (Å²) in [5.74, 6) is -0.632. The second-order valence-electron chi connectivity index (χ2n) is 4.48. The van der Waals surface area contributed by atoms with Crippen molar-refractivity contribution in [2.24, 2.45) is 0 Å². The summed E-state index contributed by atoms with van der Waals surface area (Å²) < 4.78 is 13.9. The molecule has 0 saturated carbocycles. The average Bonchev–Trinajstić information content (AvgIpc) is 2.48. The van der Waals surface area contributed by atoms with E-state index in [2.05, 4.69) is 11.9 Å². The van der Waals surface area contributed by atoms with Gasteiger partial charge in [0.05, 0.1) is 6.04 Å². The molecular weight excluding hydrogens is 253 g/mol. The molecule has 2 aromatic carbocycles. The maximum Gasteiger partial charge on any atom is 0.243 e. The van der Waals surface area contributed by atoms with Gasteiger partial charge in [-0.3, -0.25) is 4.79 Å². The normalized spacial score (nSPS) is 11.7. The summed E-state index contributed by atoms with van der Waals surface area (Å²) >= 11 is 0. The molecule has 20 heavy (non-hydrogen) atoms. The van der Waals surface area contributed by atoms with Gasteiger partial charge in [0.15, 0.2) is 0 Å². The summed E-state index contributed by atoms with van der Waals surface area (Å²) in [4.78, 5) is 11.5. The van der Waals surface area contributed by atoms with Crippen LogP contribution in [0.15, 0.2) is 67.3 Å². The van der Waals surface area contributed by atoms with Gasteiger partial charge >= 0.3 is 0 Å². The van der Waals surface area contributed by atoms with Crippen LogP contribution >= 0.6 is 0 Å². The quantitative estimate of drug-likeness (QED) is 0.828. The van der Waals surface area contributed by atoms with Crippen molar-refractivity contribution in [2.75, 3.05) is 0 Å². The fourth-order valence-corrected chi connectivity index (χ4v) is 2.08. The van der Waals surface area contributed by atoms with E-state index >= 15 is 0 Å². The van der Waals surface area contributed by atoms with E-state index in [4.69, 9.17) is 0 Å². The van der Waals surface area contributed by atoms with E-state index in [1.165, 1.54) is 12.1 Å². The molecule has 0 spiro atoms. The topological polar surface area (TPSA) is 29.1 Å². The number of hydrogen-bond donors (Lipinski definition) is 1. The Bertz CT molecular complexity index is 595. The minimum atomic E-state index is -0.413. The summed E-state index contributed by atoms with van der Waals surface area (Å²) in [6, 6.07) is 15.7. The lowest BCUT2D eigenvalue weighted by Gasteiger charge is -2.19. The first-order chi connectivity index (χ1) is 9.70. The zero-order valence-corrected chi connectivity index (χ0v) is 11.1. The Hall–Kier alpha value is -2.42. The van der Waals surface area contributed by atoms with Crippen molar-refractivity contribution < 1.29 is 9.18 Å². The van der Waals surface area contributed by atoms with Crippen LogP contribution in [-0.4, -0.2) is 5.91 Å². The maximum absolute atomic E-state index is 13.9. The number of carbonyl (C=O) groups excluding carboxylic acids is 1. The maximum atomic E-state index is 13.9. The summed E-state index contributed by atoms with van der Waals surface area (Å²) in [5.41, 5.74) is 1.51. The molecule has 1 unspecified atom stereocenters. The van der Waals surface area contributed by atoms with Crippen molar-refractivity contribution in [2.45, 2.75) is 12.5 Å².